The lowest BCUT2D eigenvalue weighted by Crippen LogP contribution is -2.41. The van der Waals surface area contributed by atoms with Gasteiger partial charge >= 0.3 is 0 Å². The molecule has 6 aromatic rings. The molecule has 0 atom stereocenters. The fraction of sp³-hybridized carbons (Fsp3) is 0.261. The highest BCUT2D eigenvalue weighted by molar-refractivity contribution is 7.99. The summed E-state index contributed by atoms with van der Waals surface area (Å²) in [6, 6.07) is 19.7. The van der Waals surface area contributed by atoms with Crippen molar-refractivity contribution in [2.24, 2.45) is 14.1 Å². The molecule has 0 radical (unpaired) electrons. The zero-order valence-corrected chi connectivity index (χ0v) is 40.4. The van der Waals surface area contributed by atoms with Gasteiger partial charge in [0.25, 0.3) is 20.2 Å². The second-order valence-corrected chi connectivity index (χ2v) is 22.2. The van der Waals surface area contributed by atoms with Crippen molar-refractivity contribution in [3.8, 4) is 22.3 Å². The Balaban J connectivity index is 1.18. The number of amides is 2. The van der Waals surface area contributed by atoms with E-state index in [-0.39, 0.29) is 83.8 Å². The molecule has 2 amide bonds. The van der Waals surface area contributed by atoms with Crippen LogP contribution in [0, 0.1) is 0 Å². The molecular weight excluding hydrogens is 975 g/mol. The van der Waals surface area contributed by atoms with Crippen molar-refractivity contribution in [1.29, 1.82) is 0 Å². The van der Waals surface area contributed by atoms with Gasteiger partial charge < -0.3 is 18.9 Å². The van der Waals surface area contributed by atoms with Crippen LogP contribution in [0.15, 0.2) is 95.0 Å². The van der Waals surface area contributed by atoms with E-state index in [0.29, 0.717) is 32.0 Å². The van der Waals surface area contributed by atoms with E-state index in [0.717, 1.165) is 32.9 Å². The lowest BCUT2D eigenvalue weighted by atomic mass is 9.97. The van der Waals surface area contributed by atoms with Gasteiger partial charge in [0.15, 0.2) is 0 Å². The van der Waals surface area contributed by atoms with Crippen LogP contribution in [-0.2, 0) is 43.9 Å². The first-order chi connectivity index (χ1) is 30.8. The van der Waals surface area contributed by atoms with Crippen LogP contribution in [0.25, 0.3) is 56.2 Å². The minimum atomic E-state index is -4.21. The van der Waals surface area contributed by atoms with Crippen LogP contribution >= 0.6 is 58.2 Å². The number of rotatable bonds is 10. The zero-order chi connectivity index (χ0) is 46.5. The fourth-order valence-corrected chi connectivity index (χ4v) is 12.2. The molecule has 12 nitrogen and oxygen atoms in total. The van der Waals surface area contributed by atoms with E-state index in [9.17, 15) is 35.5 Å². The van der Waals surface area contributed by atoms with Crippen molar-refractivity contribution in [1.82, 2.24) is 18.9 Å². The molecule has 0 spiro atoms. The van der Waals surface area contributed by atoms with Crippen molar-refractivity contribution in [3.63, 3.8) is 0 Å². The van der Waals surface area contributed by atoms with E-state index in [1.807, 2.05) is 96.3 Å². The molecule has 0 aliphatic carbocycles. The molecule has 8 rings (SSSR count). The van der Waals surface area contributed by atoms with Gasteiger partial charge in [-0.05, 0) is 109 Å². The van der Waals surface area contributed by atoms with Crippen LogP contribution in [0.1, 0.15) is 36.8 Å². The van der Waals surface area contributed by atoms with Crippen LogP contribution in [0.4, 0.5) is 0 Å². The molecule has 2 aliphatic rings. The fourth-order valence-electron chi connectivity index (χ4n) is 8.47. The Bertz CT molecular complexity index is 2980. The number of benzene rings is 4. The molecule has 0 bridgehead atoms. The predicted octanol–water partition coefficient (Wildman–Crippen LogP) is 10.6. The smallest absolute Gasteiger partial charge is 0.267 e. The Morgan fingerprint density at radius 1 is 0.585 bits per heavy atom. The number of piperidine rings is 2. The summed E-state index contributed by atoms with van der Waals surface area (Å²) < 4.78 is 69.9. The minimum absolute atomic E-state index is 0.116. The lowest BCUT2D eigenvalue weighted by molar-refractivity contribution is -0.127. The van der Waals surface area contributed by atoms with Gasteiger partial charge in [0.2, 0.25) is 11.8 Å². The van der Waals surface area contributed by atoms with Crippen LogP contribution in [-0.4, -0.2) is 93.4 Å². The highest BCUT2D eigenvalue weighted by Crippen LogP contribution is 2.49. The number of fused-ring (bicyclic) bond motifs is 2. The summed E-state index contributed by atoms with van der Waals surface area (Å²) in [6.45, 7) is 0.624. The second kappa shape index (κ2) is 18.8. The number of nitrogens with zero attached hydrogens (tertiary/aromatic N) is 4. The lowest BCUT2D eigenvalue weighted by Gasteiger charge is -2.29. The maximum atomic E-state index is 13.4. The van der Waals surface area contributed by atoms with Crippen molar-refractivity contribution in [2.75, 3.05) is 26.2 Å². The molecule has 65 heavy (non-hydrogen) atoms. The van der Waals surface area contributed by atoms with E-state index < -0.39 is 30.7 Å². The molecule has 2 aliphatic heterocycles. The van der Waals surface area contributed by atoms with Gasteiger partial charge in [-0.2, -0.15) is 16.8 Å². The molecule has 2 saturated heterocycles. The topological polar surface area (TPSA) is 159 Å². The number of likely N-dealkylation sites (tertiary alicyclic amines) is 2. The highest BCUT2D eigenvalue weighted by atomic mass is 35.5. The summed E-state index contributed by atoms with van der Waals surface area (Å²) in [5.41, 5.74) is 5.87. The van der Waals surface area contributed by atoms with Crippen molar-refractivity contribution >= 4 is 124 Å². The molecule has 340 valence electrons. The predicted molar refractivity (Wildman–Crippen MR) is 261 cm³/mol. The van der Waals surface area contributed by atoms with Gasteiger partial charge in [0, 0.05) is 108 Å². The Morgan fingerprint density at radius 3 is 1.31 bits per heavy atom. The van der Waals surface area contributed by atoms with Crippen molar-refractivity contribution in [3.05, 3.63) is 116 Å². The molecule has 2 N–H and O–H groups in total. The molecule has 2 fully saturated rings. The number of aromatic nitrogens is 2. The Morgan fingerprint density at radius 2 is 0.954 bits per heavy atom. The van der Waals surface area contributed by atoms with Gasteiger partial charge in [-0.15, -0.1) is 0 Å². The number of carbonyl (C=O) groups excluding carboxylic acids is 2. The van der Waals surface area contributed by atoms with Gasteiger partial charge in [-0.25, -0.2) is 0 Å². The Labute approximate surface area is 400 Å². The maximum Gasteiger partial charge on any atom is 0.267 e. The van der Waals surface area contributed by atoms with Crippen molar-refractivity contribution in [2.45, 2.75) is 46.0 Å². The molecule has 0 saturated carbocycles. The average molecular weight is 1020 g/mol. The standard InChI is InChI=1S/C46H42Cl4N4O8S3/c1-51-17-11-29-23-27(3-7-37(29)51)35-25-39(45(49)43(47)33(35)5-9-41(55)53-19-13-31(14-20-53)64(57,58)59)63-40-26-36(28-4-8-38-30(24-28)12-18-52(38)2)34(44(48)46(40)50)6-10-42(56)54-21-15-32(16-22-54)65(60,61)62/h3-12,17-18,23-26,31-32H,13-16,19-22H2,1-2H3,(H,57,58,59)(H,60,61,62). The summed E-state index contributed by atoms with van der Waals surface area (Å²) >= 11 is 29.8. The number of halogens is 4. The molecule has 0 unspecified atom stereocenters. The highest BCUT2D eigenvalue weighted by Gasteiger charge is 2.31. The van der Waals surface area contributed by atoms with E-state index in [2.05, 4.69) is 0 Å². The third-order valence-electron chi connectivity index (χ3n) is 12.2. The summed E-state index contributed by atoms with van der Waals surface area (Å²) in [7, 11) is -4.52. The first kappa shape index (κ1) is 47.2. The summed E-state index contributed by atoms with van der Waals surface area (Å²) in [4.78, 5) is 31.0. The number of hydrogen-bond donors (Lipinski definition) is 2. The van der Waals surface area contributed by atoms with Gasteiger partial charge in [-0.3, -0.25) is 18.7 Å². The van der Waals surface area contributed by atoms with E-state index >= 15 is 0 Å². The quantitative estimate of drug-likeness (QED) is 0.101. The van der Waals surface area contributed by atoms with Gasteiger partial charge in [0.1, 0.15) is 0 Å². The molecule has 2 aromatic heterocycles. The minimum Gasteiger partial charge on any atom is -0.351 e. The first-order valence-corrected chi connectivity index (χ1v) is 25.8. The Kier molecular flexibility index (Phi) is 13.6. The van der Waals surface area contributed by atoms with Crippen LogP contribution in [0.3, 0.4) is 0 Å². The van der Waals surface area contributed by atoms with Crippen LogP contribution in [0.5, 0.6) is 0 Å². The molecule has 4 aromatic carbocycles. The normalized spacial score (nSPS) is 15.9. The number of hydrogen-bond acceptors (Lipinski definition) is 7. The van der Waals surface area contributed by atoms with Gasteiger partial charge in [-0.1, -0.05) is 70.3 Å². The maximum absolute atomic E-state index is 13.4. The number of carbonyl (C=O) groups is 2. The summed E-state index contributed by atoms with van der Waals surface area (Å²) in [6.07, 6.45) is 10.3. The summed E-state index contributed by atoms with van der Waals surface area (Å²) in [5, 5.41) is 0.817. The first-order valence-electron chi connectivity index (χ1n) is 20.5. The molecule has 19 heteroatoms. The van der Waals surface area contributed by atoms with E-state index in [1.54, 1.807) is 12.2 Å². The molecular formula is C46H42Cl4N4O8S3. The van der Waals surface area contributed by atoms with Gasteiger partial charge in [0.05, 0.1) is 30.6 Å². The largest absolute Gasteiger partial charge is 0.351 e. The van der Waals surface area contributed by atoms with Crippen LogP contribution in [0.2, 0.25) is 20.1 Å². The van der Waals surface area contributed by atoms with Crippen molar-refractivity contribution < 1.29 is 35.5 Å². The molecule has 4 heterocycles. The third-order valence-corrected chi connectivity index (χ3v) is 17.9. The van der Waals surface area contributed by atoms with E-state index in [4.69, 9.17) is 46.4 Å². The second-order valence-electron chi connectivity index (χ2n) is 16.2. The van der Waals surface area contributed by atoms with E-state index in [1.165, 1.54) is 33.7 Å². The third kappa shape index (κ3) is 9.90. The Hall–Kier alpha value is -4.29. The summed E-state index contributed by atoms with van der Waals surface area (Å²) in [5.74, 6) is -0.705. The average Bonchev–Trinajstić information content (AvgIpc) is 3.85. The monoisotopic (exact) mass is 1010 g/mol. The van der Waals surface area contributed by atoms with Crippen LogP contribution < -0.4 is 0 Å². The number of aryl methyl sites for hydroxylation is 2. The SMILES string of the molecule is Cn1ccc2cc(-c3cc(Sc4cc(-c5ccc6c(ccn6C)c5)c(C=CC(=O)N5CCC(S(=O)(=O)O)CC5)c(Cl)c4Cl)c(Cl)c(Cl)c3C=CC(=O)N3CCC(S(=O)(=O)O)CC3)ccc21. The zero-order valence-electron chi connectivity index (χ0n) is 34.9.